The Labute approximate surface area is 164 Å². The summed E-state index contributed by atoms with van der Waals surface area (Å²) >= 11 is 0. The van der Waals surface area contributed by atoms with Crippen molar-refractivity contribution < 1.29 is 5.11 Å². The number of hydrogen-bond donors (Lipinski definition) is 2. The number of benzene rings is 2. The average Bonchev–Trinajstić information content (AvgIpc) is 2.67. The van der Waals surface area contributed by atoms with Gasteiger partial charge in [0.2, 0.25) is 0 Å². The van der Waals surface area contributed by atoms with Crippen LogP contribution in [0.1, 0.15) is 22.3 Å². The molecule has 2 aromatic heterocycles. The highest BCUT2D eigenvalue weighted by molar-refractivity contribution is 5.75. The lowest BCUT2D eigenvalue weighted by molar-refractivity contribution is 0.475. The summed E-state index contributed by atoms with van der Waals surface area (Å²) in [6, 6.07) is 15.2. The monoisotopic (exact) mass is 370 g/mol. The van der Waals surface area contributed by atoms with Crippen LogP contribution >= 0.6 is 0 Å². The van der Waals surface area contributed by atoms with Crippen molar-refractivity contribution in [1.29, 1.82) is 0 Å². The fraction of sp³-hybridized carbons (Fsp3) is 0.174. The van der Waals surface area contributed by atoms with E-state index in [9.17, 15) is 5.11 Å². The van der Waals surface area contributed by atoms with Crippen LogP contribution in [-0.2, 0) is 6.54 Å². The zero-order valence-electron chi connectivity index (χ0n) is 16.2. The highest BCUT2D eigenvalue weighted by atomic mass is 16.3. The van der Waals surface area contributed by atoms with Crippen molar-refractivity contribution >= 4 is 17.0 Å². The topological polar surface area (TPSA) is 70.9 Å². The number of fused-ring (bicyclic) bond motifs is 1. The Morgan fingerprint density at radius 1 is 0.893 bits per heavy atom. The van der Waals surface area contributed by atoms with Crippen molar-refractivity contribution in [2.24, 2.45) is 0 Å². The number of phenols is 1. The molecular formula is C23H22N4O. The summed E-state index contributed by atoms with van der Waals surface area (Å²) in [4.78, 5) is 13.7. The Morgan fingerprint density at radius 3 is 2.32 bits per heavy atom. The van der Waals surface area contributed by atoms with Gasteiger partial charge in [0.05, 0.1) is 11.9 Å². The smallest absolute Gasteiger partial charge is 0.180 e. The van der Waals surface area contributed by atoms with Gasteiger partial charge in [0, 0.05) is 12.1 Å². The summed E-state index contributed by atoms with van der Waals surface area (Å²) in [5, 5.41) is 12.9. The zero-order chi connectivity index (χ0) is 19.7. The van der Waals surface area contributed by atoms with Gasteiger partial charge in [-0.2, -0.15) is 0 Å². The maximum Gasteiger partial charge on any atom is 0.180 e. The van der Waals surface area contributed by atoms with E-state index in [0.717, 1.165) is 22.6 Å². The van der Waals surface area contributed by atoms with Gasteiger partial charge in [0.25, 0.3) is 0 Å². The first-order valence-electron chi connectivity index (χ1n) is 9.23. The molecule has 0 aliphatic carbocycles. The van der Waals surface area contributed by atoms with Crippen LogP contribution in [0, 0.1) is 20.8 Å². The lowest BCUT2D eigenvalue weighted by atomic mass is 10.00. The fourth-order valence-corrected chi connectivity index (χ4v) is 3.44. The molecule has 140 valence electrons. The molecule has 0 aliphatic rings. The minimum Gasteiger partial charge on any atom is -0.508 e. The van der Waals surface area contributed by atoms with E-state index in [2.05, 4.69) is 53.2 Å². The summed E-state index contributed by atoms with van der Waals surface area (Å²) in [7, 11) is 0. The lowest BCUT2D eigenvalue weighted by Gasteiger charge is -2.13. The standard InChI is InChI=1S/C23H22N4O/c1-14-10-15(2)19(16(3)11-14)12-25-22-9-8-20-23(27-22)26-21(13-24-20)17-4-6-18(28)7-5-17/h4-11,13,28H,12H2,1-3H3,(H,25,26,27). The minimum atomic E-state index is 0.226. The molecule has 0 amide bonds. The van der Waals surface area contributed by atoms with Crippen molar-refractivity contribution in [3.05, 3.63) is 77.0 Å². The van der Waals surface area contributed by atoms with E-state index in [1.165, 1.54) is 22.3 Å². The summed E-state index contributed by atoms with van der Waals surface area (Å²) in [5.41, 5.74) is 8.07. The number of hydrogen-bond acceptors (Lipinski definition) is 5. The summed E-state index contributed by atoms with van der Waals surface area (Å²) < 4.78 is 0. The van der Waals surface area contributed by atoms with Crippen LogP contribution in [0.5, 0.6) is 5.75 Å². The predicted molar refractivity (Wildman–Crippen MR) is 112 cm³/mol. The Morgan fingerprint density at radius 2 is 1.61 bits per heavy atom. The van der Waals surface area contributed by atoms with E-state index < -0.39 is 0 Å². The molecule has 28 heavy (non-hydrogen) atoms. The van der Waals surface area contributed by atoms with Crippen LogP contribution < -0.4 is 5.32 Å². The molecular weight excluding hydrogens is 348 g/mol. The molecule has 4 aromatic rings. The zero-order valence-corrected chi connectivity index (χ0v) is 16.2. The predicted octanol–water partition coefficient (Wildman–Crippen LogP) is 4.93. The van der Waals surface area contributed by atoms with Gasteiger partial charge in [-0.05, 0) is 73.9 Å². The Balaban J connectivity index is 1.61. The molecule has 2 N–H and O–H groups in total. The number of nitrogens with one attached hydrogen (secondary N) is 1. The maximum atomic E-state index is 9.46. The molecule has 2 heterocycles. The summed E-state index contributed by atoms with van der Waals surface area (Å²) in [6.07, 6.45) is 1.72. The number of nitrogens with zero attached hydrogens (tertiary/aromatic N) is 3. The molecule has 4 rings (SSSR count). The number of aromatic nitrogens is 3. The molecule has 0 saturated carbocycles. The van der Waals surface area contributed by atoms with Crippen molar-refractivity contribution in [3.8, 4) is 17.0 Å². The number of aromatic hydroxyl groups is 1. The van der Waals surface area contributed by atoms with Crippen LogP contribution in [0.15, 0.2) is 54.7 Å². The molecule has 0 saturated heterocycles. The molecule has 0 atom stereocenters. The van der Waals surface area contributed by atoms with E-state index in [-0.39, 0.29) is 5.75 Å². The maximum absolute atomic E-state index is 9.46. The molecule has 0 bridgehead atoms. The van der Waals surface area contributed by atoms with Crippen molar-refractivity contribution in [3.63, 3.8) is 0 Å². The van der Waals surface area contributed by atoms with E-state index >= 15 is 0 Å². The van der Waals surface area contributed by atoms with E-state index in [0.29, 0.717) is 12.2 Å². The summed E-state index contributed by atoms with van der Waals surface area (Å²) in [6.45, 7) is 7.11. The van der Waals surface area contributed by atoms with Crippen LogP contribution in [0.25, 0.3) is 22.4 Å². The van der Waals surface area contributed by atoms with Crippen LogP contribution in [0.4, 0.5) is 5.82 Å². The Hall–Kier alpha value is -3.47. The normalized spacial score (nSPS) is 11.0. The SMILES string of the molecule is Cc1cc(C)c(CNc2ccc3ncc(-c4ccc(O)cc4)nc3n2)c(C)c1. The van der Waals surface area contributed by atoms with Gasteiger partial charge in [-0.3, -0.25) is 4.98 Å². The second-order valence-electron chi connectivity index (χ2n) is 7.07. The summed E-state index contributed by atoms with van der Waals surface area (Å²) in [5.74, 6) is 0.993. The van der Waals surface area contributed by atoms with Crippen molar-refractivity contribution in [2.45, 2.75) is 27.3 Å². The van der Waals surface area contributed by atoms with Crippen LogP contribution in [0.3, 0.4) is 0 Å². The van der Waals surface area contributed by atoms with Gasteiger partial charge in [-0.1, -0.05) is 17.7 Å². The fourth-order valence-electron chi connectivity index (χ4n) is 3.44. The van der Waals surface area contributed by atoms with E-state index in [4.69, 9.17) is 0 Å². The number of pyridine rings is 1. The molecule has 0 aliphatic heterocycles. The van der Waals surface area contributed by atoms with E-state index in [1.54, 1.807) is 18.3 Å². The molecule has 0 radical (unpaired) electrons. The second kappa shape index (κ2) is 7.27. The third-order valence-corrected chi connectivity index (χ3v) is 4.86. The third-order valence-electron chi connectivity index (χ3n) is 4.86. The lowest BCUT2D eigenvalue weighted by Crippen LogP contribution is -2.06. The second-order valence-corrected chi connectivity index (χ2v) is 7.07. The highest BCUT2D eigenvalue weighted by Gasteiger charge is 2.07. The molecule has 0 spiro atoms. The largest absolute Gasteiger partial charge is 0.508 e. The molecule has 2 aromatic carbocycles. The number of anilines is 1. The molecule has 0 unspecified atom stereocenters. The number of rotatable bonds is 4. The Kier molecular flexibility index (Phi) is 4.65. The quantitative estimate of drug-likeness (QED) is 0.533. The van der Waals surface area contributed by atoms with Crippen LogP contribution in [0.2, 0.25) is 0 Å². The third kappa shape index (κ3) is 3.64. The van der Waals surface area contributed by atoms with Gasteiger partial charge in [-0.15, -0.1) is 0 Å². The first-order valence-corrected chi connectivity index (χ1v) is 9.23. The minimum absolute atomic E-state index is 0.226. The van der Waals surface area contributed by atoms with Gasteiger partial charge >= 0.3 is 0 Å². The highest BCUT2D eigenvalue weighted by Crippen LogP contribution is 2.22. The average molecular weight is 370 g/mol. The molecule has 5 heteroatoms. The van der Waals surface area contributed by atoms with Gasteiger partial charge in [-0.25, -0.2) is 9.97 Å². The van der Waals surface area contributed by atoms with Gasteiger partial charge < -0.3 is 10.4 Å². The van der Waals surface area contributed by atoms with Gasteiger partial charge in [0.15, 0.2) is 5.65 Å². The Bertz CT molecular complexity index is 1130. The van der Waals surface area contributed by atoms with E-state index in [1.807, 2.05) is 24.3 Å². The van der Waals surface area contributed by atoms with Crippen molar-refractivity contribution in [1.82, 2.24) is 15.0 Å². The first-order chi connectivity index (χ1) is 13.5. The molecule has 0 fully saturated rings. The van der Waals surface area contributed by atoms with Crippen LogP contribution in [-0.4, -0.2) is 20.1 Å². The number of phenolic OH excluding ortho intramolecular Hbond substituents is 1. The number of aryl methyl sites for hydroxylation is 3. The molecule has 5 nitrogen and oxygen atoms in total. The van der Waals surface area contributed by atoms with Gasteiger partial charge in [0.1, 0.15) is 17.1 Å². The van der Waals surface area contributed by atoms with Crippen molar-refractivity contribution in [2.75, 3.05) is 5.32 Å². The first kappa shape index (κ1) is 17.9.